The molecule has 6 rings (SSSR count). The van der Waals surface area contributed by atoms with E-state index in [0.717, 1.165) is 35.7 Å². The fraction of sp³-hybridized carbons (Fsp3) is 0.433. The van der Waals surface area contributed by atoms with E-state index < -0.39 is 29.6 Å². The van der Waals surface area contributed by atoms with Crippen molar-refractivity contribution in [1.82, 2.24) is 10.2 Å². The topological polar surface area (TPSA) is 87.7 Å². The first-order valence-electron chi connectivity index (χ1n) is 13.5. The van der Waals surface area contributed by atoms with E-state index in [-0.39, 0.29) is 23.8 Å². The van der Waals surface area contributed by atoms with Crippen molar-refractivity contribution >= 4 is 39.3 Å². The Morgan fingerprint density at radius 1 is 1.00 bits per heavy atom. The average molecular weight is 579 g/mol. The van der Waals surface area contributed by atoms with Gasteiger partial charge in [0.2, 0.25) is 17.7 Å². The lowest BCUT2D eigenvalue weighted by atomic mass is 9.74. The van der Waals surface area contributed by atoms with Crippen LogP contribution in [0.1, 0.15) is 37.7 Å². The van der Waals surface area contributed by atoms with E-state index in [1.165, 1.54) is 6.42 Å². The minimum Gasteiger partial charge on any atom is -0.359 e. The van der Waals surface area contributed by atoms with Gasteiger partial charge in [-0.1, -0.05) is 77.7 Å². The molecular formula is C30H32BrN3O4. The van der Waals surface area contributed by atoms with Gasteiger partial charge >= 0.3 is 0 Å². The maximum atomic E-state index is 14.1. The number of halogens is 1. The zero-order valence-electron chi connectivity index (χ0n) is 21.1. The molecule has 2 aromatic carbocycles. The van der Waals surface area contributed by atoms with Gasteiger partial charge in [-0.05, 0) is 49.1 Å². The molecule has 8 heteroatoms. The maximum Gasteiger partial charge on any atom is 0.246 e. The van der Waals surface area contributed by atoms with E-state index in [1.54, 1.807) is 4.90 Å². The number of nitrogens with one attached hydrogen (secondary N) is 2. The maximum absolute atomic E-state index is 14.1. The molecule has 2 aromatic rings. The van der Waals surface area contributed by atoms with Crippen molar-refractivity contribution in [2.24, 2.45) is 11.8 Å². The molecule has 2 bridgehead atoms. The van der Waals surface area contributed by atoms with E-state index in [1.807, 2.05) is 66.7 Å². The average Bonchev–Trinajstić information content (AvgIpc) is 3.57. The van der Waals surface area contributed by atoms with Crippen molar-refractivity contribution in [3.8, 4) is 0 Å². The molecule has 7 nitrogen and oxygen atoms in total. The molecule has 38 heavy (non-hydrogen) atoms. The Morgan fingerprint density at radius 2 is 1.74 bits per heavy atom. The number of benzene rings is 2. The summed E-state index contributed by atoms with van der Waals surface area (Å²) in [7, 11) is 0. The van der Waals surface area contributed by atoms with Gasteiger partial charge in [0.25, 0.3) is 0 Å². The van der Waals surface area contributed by atoms with Gasteiger partial charge in [0.05, 0.1) is 17.9 Å². The molecule has 3 aliphatic heterocycles. The minimum absolute atomic E-state index is 0.108. The van der Waals surface area contributed by atoms with Crippen molar-refractivity contribution in [2.45, 2.75) is 62.3 Å². The molecule has 4 aliphatic rings. The van der Waals surface area contributed by atoms with Crippen LogP contribution in [0.5, 0.6) is 0 Å². The Labute approximate surface area is 231 Å². The van der Waals surface area contributed by atoms with Crippen LogP contribution >= 0.6 is 15.9 Å². The lowest BCUT2D eigenvalue weighted by Gasteiger charge is -2.34. The number of likely N-dealkylation sites (tertiary alicyclic amines) is 1. The minimum atomic E-state index is -1.14. The molecule has 0 unspecified atom stereocenters. The molecule has 3 heterocycles. The number of ether oxygens (including phenoxy) is 1. The highest BCUT2D eigenvalue weighted by Gasteiger charge is 2.72. The molecule has 2 N–H and O–H groups in total. The zero-order chi connectivity index (χ0) is 26.3. The number of anilines is 1. The summed E-state index contributed by atoms with van der Waals surface area (Å²) in [5.74, 6) is -2.08. The number of hydrogen-bond donors (Lipinski definition) is 2. The predicted molar refractivity (Wildman–Crippen MR) is 147 cm³/mol. The summed E-state index contributed by atoms with van der Waals surface area (Å²) in [5, 5.41) is 6.20. The largest absolute Gasteiger partial charge is 0.359 e. The van der Waals surface area contributed by atoms with Gasteiger partial charge in [0.1, 0.15) is 11.6 Å². The summed E-state index contributed by atoms with van der Waals surface area (Å²) >= 11 is 3.41. The molecule has 1 spiro atoms. The van der Waals surface area contributed by atoms with E-state index >= 15 is 0 Å². The molecule has 1 saturated carbocycles. The van der Waals surface area contributed by atoms with Crippen LogP contribution in [0.4, 0.5) is 5.69 Å². The number of carbonyl (C=O) groups is 3. The quantitative estimate of drug-likeness (QED) is 0.482. The summed E-state index contributed by atoms with van der Waals surface area (Å²) in [4.78, 5) is 43.2. The fourth-order valence-electron chi connectivity index (χ4n) is 6.69. The summed E-state index contributed by atoms with van der Waals surface area (Å²) in [6.07, 6.45) is 9.08. The molecule has 198 valence electrons. The molecule has 3 fully saturated rings. The van der Waals surface area contributed by atoms with Crippen LogP contribution in [-0.2, 0) is 25.5 Å². The van der Waals surface area contributed by atoms with Crippen molar-refractivity contribution in [1.29, 1.82) is 0 Å². The van der Waals surface area contributed by atoms with Gasteiger partial charge in [0.15, 0.2) is 0 Å². The Hall–Kier alpha value is -2.97. The lowest BCUT2D eigenvalue weighted by Crippen LogP contribution is -2.56. The zero-order valence-corrected chi connectivity index (χ0v) is 22.7. The van der Waals surface area contributed by atoms with Gasteiger partial charge in [-0.15, -0.1) is 0 Å². The molecule has 0 aromatic heterocycles. The highest BCUT2D eigenvalue weighted by Crippen LogP contribution is 2.55. The summed E-state index contributed by atoms with van der Waals surface area (Å²) in [6, 6.07) is 16.6. The molecule has 5 atom stereocenters. The van der Waals surface area contributed by atoms with Gasteiger partial charge in [-0.2, -0.15) is 0 Å². The summed E-state index contributed by atoms with van der Waals surface area (Å²) in [6.45, 7) is 0.382. The van der Waals surface area contributed by atoms with Crippen molar-refractivity contribution in [3.05, 3.63) is 76.8 Å². The number of hydrogen-bond acceptors (Lipinski definition) is 4. The third-order valence-electron chi connectivity index (χ3n) is 8.47. The van der Waals surface area contributed by atoms with Crippen LogP contribution in [0.15, 0.2) is 71.2 Å². The van der Waals surface area contributed by atoms with Gasteiger partial charge in [-0.3, -0.25) is 14.4 Å². The van der Waals surface area contributed by atoms with Crippen molar-refractivity contribution in [2.75, 3.05) is 11.9 Å². The van der Waals surface area contributed by atoms with Crippen LogP contribution in [0, 0.1) is 11.8 Å². The highest BCUT2D eigenvalue weighted by molar-refractivity contribution is 9.10. The third kappa shape index (κ3) is 4.47. The predicted octanol–water partition coefficient (Wildman–Crippen LogP) is 4.23. The molecular weight excluding hydrogens is 546 g/mol. The monoisotopic (exact) mass is 577 g/mol. The first-order chi connectivity index (χ1) is 18.5. The summed E-state index contributed by atoms with van der Waals surface area (Å²) in [5.41, 5.74) is 0.599. The standard InChI is InChI=1S/C30H32BrN3O4/c31-20-11-13-22(14-12-20)32-27(35)24-23-15-17-30(38-23)25(24)29(37)34(18-16-19-7-3-1-4-8-19)26(30)28(36)33-21-9-5-2-6-10-21/h1,3-4,7-8,11-15,17,21,23-26H,2,5-6,9-10,16,18H2,(H,32,35)(H,33,36)/t23-,24+,25-,26+,30-/m0/s1. The number of fused-ring (bicyclic) bond motifs is 1. The van der Waals surface area contributed by atoms with E-state index in [9.17, 15) is 14.4 Å². The summed E-state index contributed by atoms with van der Waals surface area (Å²) < 4.78 is 7.36. The van der Waals surface area contributed by atoms with Crippen LogP contribution in [0.2, 0.25) is 0 Å². The lowest BCUT2D eigenvalue weighted by molar-refractivity contribution is -0.141. The van der Waals surface area contributed by atoms with Gasteiger partial charge in [-0.25, -0.2) is 0 Å². The van der Waals surface area contributed by atoms with E-state index in [4.69, 9.17) is 4.74 Å². The second kappa shape index (κ2) is 10.3. The smallest absolute Gasteiger partial charge is 0.246 e. The Balaban J connectivity index is 1.29. The second-order valence-electron chi connectivity index (χ2n) is 10.8. The number of rotatable bonds is 7. The number of nitrogens with zero attached hydrogens (tertiary/aromatic N) is 1. The highest BCUT2D eigenvalue weighted by atomic mass is 79.9. The third-order valence-corrected chi connectivity index (χ3v) is 9.00. The van der Waals surface area contributed by atoms with Crippen LogP contribution in [-0.4, -0.2) is 53.0 Å². The van der Waals surface area contributed by atoms with E-state index in [0.29, 0.717) is 18.7 Å². The molecule has 1 aliphatic carbocycles. The van der Waals surface area contributed by atoms with Gasteiger partial charge in [0, 0.05) is 22.7 Å². The van der Waals surface area contributed by atoms with Crippen LogP contribution < -0.4 is 10.6 Å². The SMILES string of the molecule is O=C(Nc1ccc(Br)cc1)[C@@H]1[C@@H]2C=C[C@]3(O2)[C@@H]1C(=O)N(CCc1ccccc1)[C@@H]3C(=O)NC1CCCCC1. The Morgan fingerprint density at radius 3 is 2.47 bits per heavy atom. The number of carbonyl (C=O) groups excluding carboxylic acids is 3. The number of amides is 3. The fourth-order valence-corrected chi connectivity index (χ4v) is 6.95. The Kier molecular flexibility index (Phi) is 6.86. The van der Waals surface area contributed by atoms with Crippen molar-refractivity contribution in [3.63, 3.8) is 0 Å². The van der Waals surface area contributed by atoms with Crippen LogP contribution in [0.3, 0.4) is 0 Å². The molecule has 3 amide bonds. The first kappa shape index (κ1) is 25.3. The molecule has 2 saturated heterocycles. The normalized spacial score (nSPS) is 29.9. The van der Waals surface area contributed by atoms with E-state index in [2.05, 4.69) is 26.6 Å². The second-order valence-corrected chi connectivity index (χ2v) is 11.7. The first-order valence-corrected chi connectivity index (χ1v) is 14.3. The van der Waals surface area contributed by atoms with Crippen molar-refractivity contribution < 1.29 is 19.1 Å². The van der Waals surface area contributed by atoms with Crippen LogP contribution in [0.25, 0.3) is 0 Å². The van der Waals surface area contributed by atoms with Gasteiger partial charge < -0.3 is 20.3 Å². The molecule has 0 radical (unpaired) electrons. The Bertz CT molecular complexity index is 1240.